The molecule has 7 N–H and O–H groups in total. The molecule has 0 saturated carbocycles. The minimum atomic E-state index is -1.38. The van der Waals surface area contributed by atoms with Crippen molar-refractivity contribution >= 4 is 17.8 Å². The monoisotopic (exact) mass is 402 g/mol. The third-order valence-corrected chi connectivity index (χ3v) is 3.36. The second kappa shape index (κ2) is 12.4. The van der Waals surface area contributed by atoms with E-state index >= 15 is 0 Å². The molecule has 10 nitrogen and oxygen atoms in total. The first-order valence-corrected chi connectivity index (χ1v) is 7.66. The van der Waals surface area contributed by atoms with Gasteiger partial charge in [0.1, 0.15) is 6.04 Å². The van der Waals surface area contributed by atoms with E-state index in [0.29, 0.717) is 25.1 Å². The number of carbonyl (C=O) groups excluding carboxylic acids is 3. The van der Waals surface area contributed by atoms with Gasteiger partial charge in [0.25, 0.3) is 0 Å². The fourth-order valence-electron chi connectivity index (χ4n) is 2.09. The van der Waals surface area contributed by atoms with E-state index in [1.807, 2.05) is 0 Å². The second-order valence-corrected chi connectivity index (χ2v) is 5.27. The number of nitrogens with one attached hydrogen (secondary N) is 3. The molecular weight excluding hydrogens is 380 g/mol. The number of amides is 2. The Morgan fingerprint density at radius 3 is 2.44 bits per heavy atom. The maximum absolute atomic E-state index is 12.4. The number of nitrogens with two attached hydrogens (primary N) is 2. The van der Waals surface area contributed by atoms with Crippen molar-refractivity contribution in [1.82, 2.24) is 20.6 Å². The SMILES string of the molecule is NCCCC[C@H](NC(=O)[C@H](Cc1cnc[nH]1)NC(=O)CN)C(=O)[O-].[Cu+2]. The summed E-state index contributed by atoms with van der Waals surface area (Å²) in [6, 6.07) is -2.12. The van der Waals surface area contributed by atoms with Crippen molar-refractivity contribution in [1.29, 1.82) is 0 Å². The van der Waals surface area contributed by atoms with Crippen molar-refractivity contribution in [3.05, 3.63) is 18.2 Å². The summed E-state index contributed by atoms with van der Waals surface area (Å²) in [5, 5.41) is 16.0. The zero-order valence-electron chi connectivity index (χ0n) is 13.6. The van der Waals surface area contributed by atoms with Crippen LogP contribution in [-0.2, 0) is 37.9 Å². The minimum absolute atomic E-state index is 0. The Labute approximate surface area is 156 Å². The van der Waals surface area contributed by atoms with Crippen molar-refractivity contribution < 1.29 is 36.6 Å². The number of H-pyrrole nitrogens is 1. The number of hydrogen-bond acceptors (Lipinski definition) is 7. The molecule has 2 atom stereocenters. The summed E-state index contributed by atoms with van der Waals surface area (Å²) in [7, 11) is 0. The van der Waals surface area contributed by atoms with Gasteiger partial charge in [-0.1, -0.05) is 0 Å². The van der Waals surface area contributed by atoms with Crippen LogP contribution < -0.4 is 27.2 Å². The maximum Gasteiger partial charge on any atom is 2.00 e. The first-order valence-electron chi connectivity index (χ1n) is 7.66. The first kappa shape index (κ1) is 23.1. The number of hydrogen-bond donors (Lipinski definition) is 5. The summed E-state index contributed by atoms with van der Waals surface area (Å²) < 4.78 is 0. The number of carboxylic acid groups (broad SMARTS) is 1. The van der Waals surface area contributed by atoms with E-state index in [9.17, 15) is 19.5 Å². The van der Waals surface area contributed by atoms with Gasteiger partial charge in [-0.15, -0.1) is 0 Å². The average molecular weight is 403 g/mol. The Kier molecular flexibility index (Phi) is 11.5. The number of aliphatic carboxylic acids is 1. The Morgan fingerprint density at radius 1 is 1.20 bits per heavy atom. The van der Waals surface area contributed by atoms with Gasteiger partial charge >= 0.3 is 17.1 Å². The Morgan fingerprint density at radius 2 is 1.92 bits per heavy atom. The van der Waals surface area contributed by atoms with Gasteiger partial charge in [-0.25, -0.2) is 4.98 Å². The second-order valence-electron chi connectivity index (χ2n) is 5.27. The molecule has 11 heteroatoms. The van der Waals surface area contributed by atoms with Crippen LogP contribution in [0, 0.1) is 0 Å². The summed E-state index contributed by atoms with van der Waals surface area (Å²) >= 11 is 0. The van der Waals surface area contributed by atoms with Crippen LogP contribution in [0.25, 0.3) is 0 Å². The molecular formula is C14H23CuN6O4+. The predicted octanol–water partition coefficient (Wildman–Crippen LogP) is -3.24. The van der Waals surface area contributed by atoms with E-state index in [4.69, 9.17) is 11.5 Å². The number of aromatic amines is 1. The number of nitrogens with zero attached hydrogens (tertiary/aromatic N) is 1. The van der Waals surface area contributed by atoms with Gasteiger partial charge in [0.15, 0.2) is 0 Å². The van der Waals surface area contributed by atoms with Crippen LogP contribution in [0.1, 0.15) is 25.0 Å². The maximum atomic E-state index is 12.4. The van der Waals surface area contributed by atoms with Gasteiger partial charge < -0.3 is 37.0 Å². The molecule has 0 aliphatic rings. The normalized spacial score (nSPS) is 12.6. The van der Waals surface area contributed by atoms with E-state index in [-0.39, 0.29) is 36.5 Å². The summed E-state index contributed by atoms with van der Waals surface area (Å²) in [6.07, 6.45) is 4.45. The zero-order valence-corrected chi connectivity index (χ0v) is 14.5. The van der Waals surface area contributed by atoms with E-state index in [1.165, 1.54) is 12.5 Å². The molecule has 143 valence electrons. The van der Waals surface area contributed by atoms with Gasteiger partial charge in [0.05, 0.1) is 24.9 Å². The molecule has 0 spiro atoms. The van der Waals surface area contributed by atoms with Crippen LogP contribution in [0.15, 0.2) is 12.5 Å². The number of unbranched alkanes of at least 4 members (excludes halogenated alkanes) is 1. The predicted molar refractivity (Wildman–Crippen MR) is 83.1 cm³/mol. The zero-order chi connectivity index (χ0) is 17.9. The Balaban J connectivity index is 0.00000576. The molecule has 0 aromatic carbocycles. The summed E-state index contributed by atoms with van der Waals surface area (Å²) in [6.45, 7) is 0.149. The third kappa shape index (κ3) is 8.64. The van der Waals surface area contributed by atoms with Gasteiger partial charge in [-0.2, -0.15) is 0 Å². The van der Waals surface area contributed by atoms with Gasteiger partial charge in [0.2, 0.25) is 11.8 Å². The Bertz CT molecular complexity index is 539. The quantitative estimate of drug-likeness (QED) is 0.190. The molecule has 0 aliphatic carbocycles. The topological polar surface area (TPSA) is 179 Å². The van der Waals surface area contributed by atoms with Gasteiger partial charge in [-0.05, 0) is 25.8 Å². The molecule has 0 aliphatic heterocycles. The molecule has 1 aromatic rings. The molecule has 1 rings (SSSR count). The average Bonchev–Trinajstić information content (AvgIpc) is 3.06. The van der Waals surface area contributed by atoms with Crippen LogP contribution in [0.3, 0.4) is 0 Å². The van der Waals surface area contributed by atoms with E-state index < -0.39 is 29.9 Å². The molecule has 25 heavy (non-hydrogen) atoms. The number of rotatable bonds is 11. The molecule has 1 aromatic heterocycles. The number of imidazole rings is 1. The molecule has 1 heterocycles. The van der Waals surface area contributed by atoms with Crippen LogP contribution in [0.2, 0.25) is 0 Å². The fourth-order valence-corrected chi connectivity index (χ4v) is 2.09. The number of aromatic nitrogens is 2. The van der Waals surface area contributed by atoms with Crippen molar-refractivity contribution in [2.24, 2.45) is 11.5 Å². The number of carbonyl (C=O) groups is 3. The molecule has 0 fully saturated rings. The van der Waals surface area contributed by atoms with Crippen molar-refractivity contribution in [2.75, 3.05) is 13.1 Å². The van der Waals surface area contributed by atoms with Gasteiger partial charge in [0, 0.05) is 18.3 Å². The standard InChI is InChI=1S/C14H24N6O4.Cu/c15-4-2-1-3-10(14(23)24)20-13(22)11(19-12(21)6-16)5-9-7-17-8-18-9;/h7-8,10-11H,1-6,15-16H2,(H,17,18)(H,19,21)(H,20,22)(H,23,24);/q;+2/p-1/t10-,11-;/m0./s1. The fraction of sp³-hybridized carbons (Fsp3) is 0.571. The first-order chi connectivity index (χ1) is 11.5. The van der Waals surface area contributed by atoms with Crippen LogP contribution >= 0.6 is 0 Å². The summed E-state index contributed by atoms with van der Waals surface area (Å²) in [5.74, 6) is -2.54. The Hall–Kier alpha value is -1.94. The van der Waals surface area contributed by atoms with Crippen molar-refractivity contribution in [2.45, 2.75) is 37.8 Å². The molecule has 0 bridgehead atoms. The molecule has 1 radical (unpaired) electrons. The molecule has 2 amide bonds. The van der Waals surface area contributed by atoms with Gasteiger partial charge in [-0.3, -0.25) is 9.59 Å². The molecule has 0 saturated heterocycles. The minimum Gasteiger partial charge on any atom is -0.548 e. The van der Waals surface area contributed by atoms with Crippen LogP contribution in [0.5, 0.6) is 0 Å². The van der Waals surface area contributed by atoms with Crippen LogP contribution in [0.4, 0.5) is 0 Å². The number of carboxylic acids is 1. The van der Waals surface area contributed by atoms with Crippen LogP contribution in [-0.4, -0.2) is 52.9 Å². The third-order valence-electron chi connectivity index (χ3n) is 3.36. The summed E-state index contributed by atoms with van der Waals surface area (Å²) in [4.78, 5) is 41.7. The van der Waals surface area contributed by atoms with Crippen molar-refractivity contribution in [3.8, 4) is 0 Å². The molecule has 0 unspecified atom stereocenters. The largest absolute Gasteiger partial charge is 2.00 e. The van der Waals surface area contributed by atoms with E-state index in [1.54, 1.807) is 0 Å². The smallest absolute Gasteiger partial charge is 0.548 e. The van der Waals surface area contributed by atoms with Crippen molar-refractivity contribution in [3.63, 3.8) is 0 Å². The summed E-state index contributed by atoms with van der Waals surface area (Å²) in [5.41, 5.74) is 11.2. The van der Waals surface area contributed by atoms with E-state index in [0.717, 1.165) is 0 Å². The van der Waals surface area contributed by atoms with E-state index in [2.05, 4.69) is 20.6 Å².